The van der Waals surface area contributed by atoms with Crippen LogP contribution in [0.1, 0.15) is 39.5 Å². The van der Waals surface area contributed by atoms with Gasteiger partial charge < -0.3 is 0 Å². The molecule has 0 saturated heterocycles. The molecule has 0 fully saturated rings. The lowest BCUT2D eigenvalue weighted by Gasteiger charge is -2.33. The maximum atomic E-state index is 2.41. The van der Waals surface area contributed by atoms with Crippen molar-refractivity contribution in [3.63, 3.8) is 0 Å². The van der Waals surface area contributed by atoms with Crippen LogP contribution >= 0.6 is 0 Å². The van der Waals surface area contributed by atoms with E-state index in [1.54, 1.807) is 11.1 Å². The molecule has 0 spiro atoms. The lowest BCUT2D eigenvalue weighted by Crippen LogP contribution is -2.20. The molecule has 0 saturated carbocycles. The van der Waals surface area contributed by atoms with Crippen molar-refractivity contribution in [2.75, 3.05) is 0 Å². The summed E-state index contributed by atoms with van der Waals surface area (Å²) in [5.41, 5.74) is 3.31. The zero-order valence-corrected chi connectivity index (χ0v) is 8.14. The molecular weight excluding hydrogens is 144 g/mol. The summed E-state index contributed by atoms with van der Waals surface area (Å²) in [5, 5.41) is 0. The van der Waals surface area contributed by atoms with E-state index in [0.717, 1.165) is 11.8 Å². The SMILES string of the molecule is CC1=C2C=CCCC2C(C)CC1. The van der Waals surface area contributed by atoms with Gasteiger partial charge in [-0.1, -0.05) is 24.6 Å². The Kier molecular flexibility index (Phi) is 2.08. The minimum atomic E-state index is 0.892. The van der Waals surface area contributed by atoms with E-state index in [1.807, 2.05) is 0 Å². The van der Waals surface area contributed by atoms with Gasteiger partial charge in [-0.05, 0) is 50.0 Å². The van der Waals surface area contributed by atoms with Gasteiger partial charge in [0.05, 0.1) is 0 Å². The average Bonchev–Trinajstić information content (AvgIpc) is 2.12. The second-order valence-corrected chi connectivity index (χ2v) is 4.34. The molecule has 2 rings (SSSR count). The minimum Gasteiger partial charge on any atom is -0.0842 e. The number of hydrogen-bond donors (Lipinski definition) is 0. The van der Waals surface area contributed by atoms with Crippen LogP contribution in [0.25, 0.3) is 0 Å². The van der Waals surface area contributed by atoms with Crippen LogP contribution in [0.5, 0.6) is 0 Å². The van der Waals surface area contributed by atoms with Gasteiger partial charge in [0.15, 0.2) is 0 Å². The maximum absolute atomic E-state index is 2.41. The maximum Gasteiger partial charge on any atom is -0.0134 e. The fourth-order valence-electron chi connectivity index (χ4n) is 2.60. The molecule has 0 amide bonds. The fourth-order valence-corrected chi connectivity index (χ4v) is 2.60. The molecule has 0 aromatic rings. The highest BCUT2D eigenvalue weighted by Gasteiger charge is 2.26. The largest absolute Gasteiger partial charge is 0.0842 e. The molecule has 2 atom stereocenters. The van der Waals surface area contributed by atoms with E-state index < -0.39 is 0 Å². The van der Waals surface area contributed by atoms with Crippen molar-refractivity contribution < 1.29 is 0 Å². The molecule has 0 radical (unpaired) electrons. The Bertz CT molecular complexity index is 232. The third-order valence-electron chi connectivity index (χ3n) is 3.50. The molecule has 0 heteroatoms. The number of rotatable bonds is 0. The first-order valence-corrected chi connectivity index (χ1v) is 5.15. The van der Waals surface area contributed by atoms with Crippen LogP contribution in [0.2, 0.25) is 0 Å². The summed E-state index contributed by atoms with van der Waals surface area (Å²) >= 11 is 0. The zero-order chi connectivity index (χ0) is 8.55. The zero-order valence-electron chi connectivity index (χ0n) is 8.14. The predicted molar refractivity (Wildman–Crippen MR) is 53.0 cm³/mol. The normalized spacial score (nSPS) is 35.2. The Morgan fingerprint density at radius 1 is 1.33 bits per heavy atom. The Morgan fingerprint density at radius 3 is 2.92 bits per heavy atom. The van der Waals surface area contributed by atoms with Crippen molar-refractivity contribution in [1.82, 2.24) is 0 Å². The molecule has 12 heavy (non-hydrogen) atoms. The number of fused-ring (bicyclic) bond motifs is 1. The lowest BCUT2D eigenvalue weighted by molar-refractivity contribution is 0.342. The third-order valence-corrected chi connectivity index (χ3v) is 3.50. The molecule has 0 heterocycles. The Hall–Kier alpha value is -0.520. The van der Waals surface area contributed by atoms with Gasteiger partial charge in [-0.3, -0.25) is 0 Å². The van der Waals surface area contributed by atoms with E-state index >= 15 is 0 Å². The summed E-state index contributed by atoms with van der Waals surface area (Å²) in [6.07, 6.45) is 10.1. The molecule has 66 valence electrons. The van der Waals surface area contributed by atoms with Crippen molar-refractivity contribution >= 4 is 0 Å². The summed E-state index contributed by atoms with van der Waals surface area (Å²) in [5.74, 6) is 1.82. The number of allylic oxidation sites excluding steroid dienone is 4. The van der Waals surface area contributed by atoms with Gasteiger partial charge in [0.1, 0.15) is 0 Å². The molecule has 0 nitrogen and oxygen atoms in total. The monoisotopic (exact) mass is 162 g/mol. The van der Waals surface area contributed by atoms with Gasteiger partial charge in [0.2, 0.25) is 0 Å². The average molecular weight is 162 g/mol. The predicted octanol–water partition coefficient (Wildman–Crippen LogP) is 3.70. The molecule has 2 unspecified atom stereocenters. The van der Waals surface area contributed by atoms with E-state index in [4.69, 9.17) is 0 Å². The van der Waals surface area contributed by atoms with Crippen molar-refractivity contribution in [3.05, 3.63) is 23.3 Å². The van der Waals surface area contributed by atoms with Crippen LogP contribution in [-0.4, -0.2) is 0 Å². The molecule has 0 aromatic carbocycles. The first-order chi connectivity index (χ1) is 5.79. The van der Waals surface area contributed by atoms with Gasteiger partial charge in [-0.25, -0.2) is 0 Å². The number of hydrogen-bond acceptors (Lipinski definition) is 0. The molecule has 0 aromatic heterocycles. The Balaban J connectivity index is 2.33. The van der Waals surface area contributed by atoms with Crippen LogP contribution in [0.15, 0.2) is 23.3 Å². The highest BCUT2D eigenvalue weighted by Crippen LogP contribution is 2.40. The van der Waals surface area contributed by atoms with Gasteiger partial charge in [0, 0.05) is 0 Å². The highest BCUT2D eigenvalue weighted by atomic mass is 14.3. The molecule has 2 aliphatic carbocycles. The molecule has 0 bridgehead atoms. The summed E-state index contributed by atoms with van der Waals surface area (Å²) < 4.78 is 0. The van der Waals surface area contributed by atoms with Gasteiger partial charge >= 0.3 is 0 Å². The van der Waals surface area contributed by atoms with Crippen LogP contribution in [0.3, 0.4) is 0 Å². The standard InChI is InChI=1S/C12H18/c1-9-7-8-10(2)12-6-4-3-5-11(9)12/h3,5,10,12H,4,6-8H2,1-2H3. The second-order valence-electron chi connectivity index (χ2n) is 4.34. The van der Waals surface area contributed by atoms with Gasteiger partial charge in [-0.15, -0.1) is 0 Å². The topological polar surface area (TPSA) is 0 Å². The fraction of sp³-hybridized carbons (Fsp3) is 0.667. The van der Waals surface area contributed by atoms with E-state index in [-0.39, 0.29) is 0 Å². The van der Waals surface area contributed by atoms with E-state index in [2.05, 4.69) is 26.0 Å². The van der Waals surface area contributed by atoms with Crippen molar-refractivity contribution in [2.45, 2.75) is 39.5 Å². The molecule has 0 aliphatic heterocycles. The minimum absolute atomic E-state index is 0.892. The molecule has 2 aliphatic rings. The Labute approximate surface area is 75.4 Å². The third kappa shape index (κ3) is 1.24. The summed E-state index contributed by atoms with van der Waals surface area (Å²) in [6.45, 7) is 4.72. The van der Waals surface area contributed by atoms with Crippen LogP contribution < -0.4 is 0 Å². The second kappa shape index (κ2) is 3.08. The van der Waals surface area contributed by atoms with E-state index in [9.17, 15) is 0 Å². The van der Waals surface area contributed by atoms with Crippen LogP contribution in [0.4, 0.5) is 0 Å². The van der Waals surface area contributed by atoms with Crippen molar-refractivity contribution in [3.8, 4) is 0 Å². The Morgan fingerprint density at radius 2 is 2.17 bits per heavy atom. The lowest BCUT2D eigenvalue weighted by atomic mass is 9.72. The van der Waals surface area contributed by atoms with Gasteiger partial charge in [0.25, 0.3) is 0 Å². The summed E-state index contributed by atoms with van der Waals surface area (Å²) in [6, 6.07) is 0. The van der Waals surface area contributed by atoms with E-state index in [0.29, 0.717) is 0 Å². The first-order valence-electron chi connectivity index (χ1n) is 5.15. The smallest absolute Gasteiger partial charge is 0.0134 e. The highest BCUT2D eigenvalue weighted by molar-refractivity contribution is 5.32. The van der Waals surface area contributed by atoms with Crippen molar-refractivity contribution in [1.29, 1.82) is 0 Å². The van der Waals surface area contributed by atoms with Crippen LogP contribution in [-0.2, 0) is 0 Å². The first kappa shape index (κ1) is 8.10. The van der Waals surface area contributed by atoms with Crippen molar-refractivity contribution in [2.24, 2.45) is 11.8 Å². The van der Waals surface area contributed by atoms with Crippen LogP contribution in [0, 0.1) is 11.8 Å². The van der Waals surface area contributed by atoms with Gasteiger partial charge in [-0.2, -0.15) is 0 Å². The molecular formula is C12H18. The molecule has 0 N–H and O–H groups in total. The summed E-state index contributed by atoms with van der Waals surface area (Å²) in [4.78, 5) is 0. The quantitative estimate of drug-likeness (QED) is 0.509. The summed E-state index contributed by atoms with van der Waals surface area (Å²) in [7, 11) is 0. The van der Waals surface area contributed by atoms with E-state index in [1.165, 1.54) is 25.7 Å².